The van der Waals surface area contributed by atoms with Gasteiger partial charge in [0.2, 0.25) is 0 Å². The summed E-state index contributed by atoms with van der Waals surface area (Å²) in [5, 5.41) is 0. The molecule has 0 unspecified atom stereocenters. The summed E-state index contributed by atoms with van der Waals surface area (Å²) in [7, 11) is 0. The second-order valence-corrected chi connectivity index (χ2v) is 3.36. The highest BCUT2D eigenvalue weighted by Crippen LogP contribution is 2.21. The van der Waals surface area contributed by atoms with E-state index in [0.717, 1.165) is 5.70 Å². The maximum Gasteiger partial charge on any atom is 0.0524 e. The van der Waals surface area contributed by atoms with Gasteiger partial charge in [0.15, 0.2) is 0 Å². The topological polar surface area (TPSA) is 4.93 Å². The third-order valence-corrected chi connectivity index (χ3v) is 2.23. The lowest BCUT2D eigenvalue weighted by atomic mass is 10.1. The Kier molecular flexibility index (Phi) is 2.23. The third-order valence-electron chi connectivity index (χ3n) is 2.23. The van der Waals surface area contributed by atoms with Crippen LogP contribution in [0.2, 0.25) is 0 Å². The fourth-order valence-electron chi connectivity index (χ4n) is 1.56. The van der Waals surface area contributed by atoms with Gasteiger partial charge in [-0.3, -0.25) is 0 Å². The molecule has 0 aliphatic heterocycles. The Bertz CT molecular complexity index is 437. The predicted octanol–water partition coefficient (Wildman–Crippen LogP) is 3.65. The number of hydrogen-bond donors (Lipinski definition) is 0. The van der Waals surface area contributed by atoms with Crippen molar-refractivity contribution in [3.05, 3.63) is 55.2 Å². The van der Waals surface area contributed by atoms with Crippen molar-refractivity contribution in [1.29, 1.82) is 0 Å². The lowest BCUT2D eigenvalue weighted by Crippen LogP contribution is -1.92. The molecule has 0 bridgehead atoms. The molecule has 0 N–H and O–H groups in total. The highest BCUT2D eigenvalue weighted by molar-refractivity contribution is 5.64. The van der Waals surface area contributed by atoms with Gasteiger partial charge in [-0.05, 0) is 24.6 Å². The third kappa shape index (κ3) is 1.49. The molecule has 0 aliphatic carbocycles. The minimum atomic E-state index is 1.04. The van der Waals surface area contributed by atoms with Crippen molar-refractivity contribution in [3.63, 3.8) is 0 Å². The summed E-state index contributed by atoms with van der Waals surface area (Å²) in [4.78, 5) is 0. The summed E-state index contributed by atoms with van der Waals surface area (Å²) in [6.45, 7) is 5.95. The molecule has 2 rings (SSSR count). The highest BCUT2D eigenvalue weighted by Gasteiger charge is 2.02. The quantitative estimate of drug-likeness (QED) is 0.669. The Morgan fingerprint density at radius 1 is 1.07 bits per heavy atom. The summed E-state index contributed by atoms with van der Waals surface area (Å²) in [6, 6.07) is 14.5. The zero-order valence-electron chi connectivity index (χ0n) is 8.27. The molecule has 0 saturated heterocycles. The lowest BCUT2D eigenvalue weighted by molar-refractivity contribution is 1.11. The monoisotopic (exact) mass is 183 g/mol. The van der Waals surface area contributed by atoms with Crippen molar-refractivity contribution in [3.8, 4) is 11.3 Å². The Hall–Kier alpha value is -1.76. The van der Waals surface area contributed by atoms with Crippen molar-refractivity contribution in [2.75, 3.05) is 0 Å². The van der Waals surface area contributed by atoms with E-state index in [4.69, 9.17) is 0 Å². The van der Waals surface area contributed by atoms with Crippen molar-refractivity contribution in [2.45, 2.75) is 6.92 Å². The van der Waals surface area contributed by atoms with Crippen molar-refractivity contribution in [1.82, 2.24) is 4.57 Å². The van der Waals surface area contributed by atoms with Crippen LogP contribution in [0.25, 0.3) is 17.0 Å². The van der Waals surface area contributed by atoms with Crippen LogP contribution < -0.4 is 0 Å². The van der Waals surface area contributed by atoms with E-state index in [-0.39, 0.29) is 0 Å². The van der Waals surface area contributed by atoms with Crippen molar-refractivity contribution < 1.29 is 0 Å². The van der Waals surface area contributed by atoms with Gasteiger partial charge in [-0.25, -0.2) is 0 Å². The van der Waals surface area contributed by atoms with E-state index in [1.165, 1.54) is 11.3 Å². The largest absolute Gasteiger partial charge is 0.321 e. The Morgan fingerprint density at radius 3 is 2.43 bits per heavy atom. The summed E-state index contributed by atoms with van der Waals surface area (Å²) in [5.41, 5.74) is 3.45. The molecule has 2 aromatic rings. The number of nitrogens with zero attached hydrogens (tertiary/aromatic N) is 1. The first kappa shape index (κ1) is 8.82. The first-order valence-corrected chi connectivity index (χ1v) is 4.67. The molecule has 0 spiro atoms. The van der Waals surface area contributed by atoms with E-state index in [0.29, 0.717) is 0 Å². The molecule has 0 amide bonds. The van der Waals surface area contributed by atoms with Gasteiger partial charge in [-0.2, -0.15) is 0 Å². The molecular weight excluding hydrogens is 170 g/mol. The first-order valence-electron chi connectivity index (χ1n) is 4.67. The first-order chi connectivity index (χ1) is 6.79. The van der Waals surface area contributed by atoms with Gasteiger partial charge in [0.05, 0.1) is 5.69 Å². The van der Waals surface area contributed by atoms with E-state index in [9.17, 15) is 0 Å². The van der Waals surface area contributed by atoms with Crippen LogP contribution in [0.3, 0.4) is 0 Å². The zero-order valence-corrected chi connectivity index (χ0v) is 8.27. The van der Waals surface area contributed by atoms with Gasteiger partial charge < -0.3 is 4.57 Å². The fourth-order valence-corrected chi connectivity index (χ4v) is 1.56. The standard InChI is InChI=1S/C13H13N/c1-11(2)14-10-6-9-13(14)12-7-4-3-5-8-12/h3-10H,1H2,2H3. The molecule has 1 nitrogen and oxygen atoms in total. The Balaban J connectivity index is 2.52. The second-order valence-electron chi connectivity index (χ2n) is 3.36. The molecule has 1 aromatic carbocycles. The summed E-state index contributed by atoms with van der Waals surface area (Å²) >= 11 is 0. The number of hydrogen-bond acceptors (Lipinski definition) is 0. The molecule has 70 valence electrons. The lowest BCUT2D eigenvalue weighted by Gasteiger charge is -2.07. The molecule has 0 aliphatic rings. The molecule has 1 heteroatoms. The Morgan fingerprint density at radius 2 is 1.79 bits per heavy atom. The maximum atomic E-state index is 3.95. The van der Waals surface area contributed by atoms with Gasteiger partial charge in [0, 0.05) is 11.9 Å². The molecule has 1 aromatic heterocycles. The molecule has 1 heterocycles. The second kappa shape index (κ2) is 3.54. The number of rotatable bonds is 2. The van der Waals surface area contributed by atoms with Gasteiger partial charge in [0.1, 0.15) is 0 Å². The van der Waals surface area contributed by atoms with Crippen LogP contribution in [-0.4, -0.2) is 4.57 Å². The maximum absolute atomic E-state index is 3.95. The van der Waals surface area contributed by atoms with E-state index < -0.39 is 0 Å². The average molecular weight is 183 g/mol. The smallest absolute Gasteiger partial charge is 0.0524 e. The molecule has 0 atom stereocenters. The highest BCUT2D eigenvalue weighted by atomic mass is 15.0. The molecule has 0 fully saturated rings. The van der Waals surface area contributed by atoms with Crippen LogP contribution in [0, 0.1) is 0 Å². The Labute approximate surface area is 84.3 Å². The SMILES string of the molecule is C=C(C)n1cccc1-c1ccccc1. The zero-order chi connectivity index (χ0) is 9.97. The summed E-state index contributed by atoms with van der Waals surface area (Å²) in [6.07, 6.45) is 2.03. The fraction of sp³-hybridized carbons (Fsp3) is 0.0769. The van der Waals surface area contributed by atoms with Crippen LogP contribution in [0.5, 0.6) is 0 Å². The molecule has 14 heavy (non-hydrogen) atoms. The van der Waals surface area contributed by atoms with Gasteiger partial charge in [0.25, 0.3) is 0 Å². The molecule has 0 saturated carbocycles. The average Bonchev–Trinajstić information content (AvgIpc) is 2.67. The van der Waals surface area contributed by atoms with E-state index in [1.807, 2.05) is 37.4 Å². The van der Waals surface area contributed by atoms with Gasteiger partial charge in [-0.1, -0.05) is 36.9 Å². The van der Waals surface area contributed by atoms with Crippen molar-refractivity contribution >= 4 is 5.70 Å². The number of aromatic nitrogens is 1. The normalized spacial score (nSPS) is 10.1. The predicted molar refractivity (Wildman–Crippen MR) is 60.9 cm³/mol. The minimum absolute atomic E-state index is 1.04. The molecule has 0 radical (unpaired) electrons. The minimum Gasteiger partial charge on any atom is -0.321 e. The van der Waals surface area contributed by atoms with Crippen LogP contribution in [-0.2, 0) is 0 Å². The van der Waals surface area contributed by atoms with Crippen LogP contribution in [0.4, 0.5) is 0 Å². The summed E-state index contributed by atoms with van der Waals surface area (Å²) in [5.74, 6) is 0. The van der Waals surface area contributed by atoms with Gasteiger partial charge >= 0.3 is 0 Å². The molecular formula is C13H13N. The van der Waals surface area contributed by atoms with E-state index in [1.54, 1.807) is 0 Å². The van der Waals surface area contributed by atoms with Gasteiger partial charge in [-0.15, -0.1) is 0 Å². The number of allylic oxidation sites excluding steroid dienone is 1. The van der Waals surface area contributed by atoms with Crippen LogP contribution >= 0.6 is 0 Å². The van der Waals surface area contributed by atoms with E-state index in [2.05, 4.69) is 29.3 Å². The van der Waals surface area contributed by atoms with Crippen molar-refractivity contribution in [2.24, 2.45) is 0 Å². The number of benzene rings is 1. The summed E-state index contributed by atoms with van der Waals surface area (Å²) < 4.78 is 2.09. The van der Waals surface area contributed by atoms with E-state index >= 15 is 0 Å². The van der Waals surface area contributed by atoms with Crippen LogP contribution in [0.15, 0.2) is 55.2 Å². The van der Waals surface area contributed by atoms with Crippen LogP contribution in [0.1, 0.15) is 6.92 Å².